The number of hydrogen-bond donors (Lipinski definition) is 1. The van der Waals surface area contributed by atoms with Gasteiger partial charge >= 0.3 is 0 Å². The number of nitrogens with one attached hydrogen (secondary N) is 1. The Morgan fingerprint density at radius 1 is 0.455 bits per heavy atom. The number of hydrogen-bond acceptors (Lipinski definition) is 3. The van der Waals surface area contributed by atoms with Crippen molar-refractivity contribution in [3.05, 3.63) is 193 Å². The highest BCUT2D eigenvalue weighted by Crippen LogP contribution is 2.53. The van der Waals surface area contributed by atoms with Gasteiger partial charge in [0.05, 0.1) is 11.4 Å². The molecule has 4 heteroatoms. The minimum Gasteiger partial charge on any atom is -0.356 e. The average Bonchev–Trinajstić information content (AvgIpc) is 3.24. The zero-order valence-electron chi connectivity index (χ0n) is 30.8. The Labute approximate surface area is 327 Å². The lowest BCUT2D eigenvalue weighted by molar-refractivity contribution is 0.632. The van der Waals surface area contributed by atoms with Crippen LogP contribution in [-0.4, -0.2) is 6.71 Å². The van der Waals surface area contributed by atoms with E-state index < -0.39 is 0 Å². The Bertz CT molecular complexity index is 2680. The molecule has 0 aromatic heterocycles. The van der Waals surface area contributed by atoms with Gasteiger partial charge in [-0.1, -0.05) is 158 Å². The summed E-state index contributed by atoms with van der Waals surface area (Å²) in [5, 5.41) is 3.94. The molecule has 0 aliphatic carbocycles. The molecule has 2 nitrogen and oxygen atoms in total. The van der Waals surface area contributed by atoms with E-state index in [0.717, 1.165) is 0 Å². The summed E-state index contributed by atoms with van der Waals surface area (Å²) >= 11 is 1.91. The van der Waals surface area contributed by atoms with E-state index in [4.69, 9.17) is 0 Å². The predicted octanol–water partition coefficient (Wildman–Crippen LogP) is 11.8. The molecule has 0 radical (unpaired) electrons. The van der Waals surface area contributed by atoms with Crippen LogP contribution in [0.2, 0.25) is 0 Å². The summed E-state index contributed by atoms with van der Waals surface area (Å²) in [6.45, 7) is 4.85. The van der Waals surface area contributed by atoms with Gasteiger partial charge < -0.3 is 10.2 Å². The van der Waals surface area contributed by atoms with Crippen LogP contribution in [0.1, 0.15) is 25.0 Å². The second-order valence-electron chi connectivity index (χ2n) is 15.4. The van der Waals surface area contributed by atoms with Gasteiger partial charge in [-0.05, 0) is 110 Å². The molecular formula is C51H37BN2S. The van der Waals surface area contributed by atoms with Crippen molar-refractivity contribution < 1.29 is 0 Å². The van der Waals surface area contributed by atoms with E-state index in [1.165, 1.54) is 99.1 Å². The van der Waals surface area contributed by atoms with Crippen LogP contribution < -0.4 is 26.6 Å². The third kappa shape index (κ3) is 5.12. The van der Waals surface area contributed by atoms with E-state index in [-0.39, 0.29) is 12.1 Å². The quantitative estimate of drug-likeness (QED) is 0.182. The lowest BCUT2D eigenvalue weighted by atomic mass is 9.35. The first-order valence-electron chi connectivity index (χ1n) is 19.1. The van der Waals surface area contributed by atoms with Gasteiger partial charge in [-0.25, -0.2) is 0 Å². The van der Waals surface area contributed by atoms with Crippen molar-refractivity contribution >= 4 is 63.3 Å². The molecule has 8 aromatic carbocycles. The lowest BCUT2D eigenvalue weighted by Crippen LogP contribution is -2.58. The van der Waals surface area contributed by atoms with Crippen LogP contribution in [0.5, 0.6) is 0 Å². The number of anilines is 5. The maximum absolute atomic E-state index is 3.94. The number of rotatable bonds is 4. The first-order chi connectivity index (χ1) is 27.0. The second-order valence-corrected chi connectivity index (χ2v) is 16.5. The van der Waals surface area contributed by atoms with E-state index in [1.54, 1.807) is 0 Å². The molecule has 0 saturated heterocycles. The van der Waals surface area contributed by atoms with Gasteiger partial charge in [-0.15, -0.1) is 0 Å². The van der Waals surface area contributed by atoms with Gasteiger partial charge in [0.2, 0.25) is 6.71 Å². The number of nitrogens with zero attached hydrogens (tertiary/aromatic N) is 1. The summed E-state index contributed by atoms with van der Waals surface area (Å²) in [5.41, 5.74) is 20.0. The molecule has 3 heterocycles. The minimum absolute atomic E-state index is 0.109. The van der Waals surface area contributed by atoms with E-state index in [9.17, 15) is 0 Å². The summed E-state index contributed by atoms with van der Waals surface area (Å²) in [6.07, 6.45) is 0. The van der Waals surface area contributed by atoms with Crippen molar-refractivity contribution in [2.24, 2.45) is 0 Å². The standard InChI is InChI=1S/C51H37BN2S/c1-51(2)40-20-12-13-21-46(40)54(39-18-10-5-11-19-39)47-26-23-35(28-41(47)51)38-31-45-50-49(32-38)55-48-27-24-37(34-16-8-4-9-17-34)30-43(48)52(50)42-29-36(22-25-44(42)53-45)33-14-6-3-7-15-33/h3-32,53H,1-2H3. The van der Waals surface area contributed by atoms with Gasteiger partial charge in [0.25, 0.3) is 0 Å². The van der Waals surface area contributed by atoms with Crippen LogP contribution in [-0.2, 0) is 5.41 Å². The van der Waals surface area contributed by atoms with E-state index in [0.29, 0.717) is 0 Å². The molecule has 0 bridgehead atoms. The Morgan fingerprint density at radius 2 is 1.05 bits per heavy atom. The van der Waals surface area contributed by atoms with Gasteiger partial charge in [0.1, 0.15) is 0 Å². The molecule has 0 saturated carbocycles. The zero-order valence-corrected chi connectivity index (χ0v) is 31.6. The van der Waals surface area contributed by atoms with Crippen LogP contribution in [0.15, 0.2) is 192 Å². The maximum Gasteiger partial charge on any atom is 0.249 e. The molecule has 3 aliphatic heterocycles. The second kappa shape index (κ2) is 12.4. The highest BCUT2D eigenvalue weighted by atomic mass is 32.2. The summed E-state index contributed by atoms with van der Waals surface area (Å²) in [4.78, 5) is 5.06. The monoisotopic (exact) mass is 720 g/mol. The molecule has 8 aromatic rings. The molecule has 0 spiro atoms. The molecule has 260 valence electrons. The molecule has 0 atom stereocenters. The number of para-hydroxylation sites is 2. The highest BCUT2D eigenvalue weighted by Gasteiger charge is 2.40. The zero-order chi connectivity index (χ0) is 36.7. The van der Waals surface area contributed by atoms with Crippen LogP contribution in [0.3, 0.4) is 0 Å². The summed E-state index contributed by atoms with van der Waals surface area (Å²) in [5.74, 6) is 0. The minimum atomic E-state index is -0.182. The van der Waals surface area contributed by atoms with E-state index in [2.05, 4.69) is 206 Å². The van der Waals surface area contributed by atoms with E-state index in [1.807, 2.05) is 11.8 Å². The molecular weight excluding hydrogens is 683 g/mol. The largest absolute Gasteiger partial charge is 0.356 e. The SMILES string of the molecule is CC1(C)c2ccccc2N(c2ccccc2)c2ccc(-c3cc4c5c(c3)Sc3ccc(-c6ccccc6)cc3B5c3cc(-c5ccccc5)ccc3N4)cc21. The Morgan fingerprint density at radius 3 is 1.80 bits per heavy atom. The third-order valence-corrected chi connectivity index (χ3v) is 13.0. The highest BCUT2D eigenvalue weighted by molar-refractivity contribution is 8.00. The maximum atomic E-state index is 3.94. The topological polar surface area (TPSA) is 15.3 Å². The van der Waals surface area contributed by atoms with E-state index >= 15 is 0 Å². The van der Waals surface area contributed by atoms with Crippen LogP contribution in [0.25, 0.3) is 33.4 Å². The molecule has 0 fully saturated rings. The molecule has 1 N–H and O–H groups in total. The normalized spacial score (nSPS) is 14.1. The fraction of sp³-hybridized carbons (Fsp3) is 0.0588. The van der Waals surface area contributed by atoms with Crippen molar-refractivity contribution in [3.8, 4) is 33.4 Å². The van der Waals surface area contributed by atoms with Crippen molar-refractivity contribution in [2.45, 2.75) is 29.1 Å². The smallest absolute Gasteiger partial charge is 0.249 e. The van der Waals surface area contributed by atoms with Crippen molar-refractivity contribution in [3.63, 3.8) is 0 Å². The van der Waals surface area contributed by atoms with Gasteiger partial charge in [-0.3, -0.25) is 0 Å². The molecule has 0 unspecified atom stereocenters. The van der Waals surface area contributed by atoms with Gasteiger partial charge in [-0.2, -0.15) is 0 Å². The van der Waals surface area contributed by atoms with Crippen molar-refractivity contribution in [2.75, 3.05) is 10.2 Å². The Kier molecular flexibility index (Phi) is 7.27. The molecule has 11 rings (SSSR count). The van der Waals surface area contributed by atoms with Gasteiger partial charge in [0.15, 0.2) is 0 Å². The van der Waals surface area contributed by atoms with Crippen molar-refractivity contribution in [1.82, 2.24) is 0 Å². The molecule has 3 aliphatic rings. The van der Waals surface area contributed by atoms with Gasteiger partial charge in [0, 0.05) is 32.3 Å². The summed E-state index contributed by atoms with van der Waals surface area (Å²) in [6, 6.07) is 67.2. The number of fused-ring (bicyclic) bond motifs is 6. The fourth-order valence-electron chi connectivity index (χ4n) is 9.16. The first-order valence-corrected chi connectivity index (χ1v) is 19.9. The molecule has 0 amide bonds. The lowest BCUT2D eigenvalue weighted by Gasteiger charge is -2.42. The number of benzene rings is 8. The predicted molar refractivity (Wildman–Crippen MR) is 235 cm³/mol. The fourth-order valence-corrected chi connectivity index (χ4v) is 10.4. The average molecular weight is 721 g/mol. The first kappa shape index (κ1) is 32.2. The van der Waals surface area contributed by atoms with Crippen LogP contribution in [0, 0.1) is 0 Å². The third-order valence-electron chi connectivity index (χ3n) is 11.9. The van der Waals surface area contributed by atoms with Crippen molar-refractivity contribution in [1.29, 1.82) is 0 Å². The summed E-state index contributed by atoms with van der Waals surface area (Å²) < 4.78 is 0. The Hall–Kier alpha value is -6.23. The van der Waals surface area contributed by atoms with Crippen LogP contribution in [0.4, 0.5) is 28.4 Å². The molecule has 55 heavy (non-hydrogen) atoms. The van der Waals surface area contributed by atoms with Crippen LogP contribution >= 0.6 is 11.8 Å². The summed E-state index contributed by atoms with van der Waals surface area (Å²) in [7, 11) is 0. The Balaban J connectivity index is 1.08.